The number of imidazole rings is 1. The predicted molar refractivity (Wildman–Crippen MR) is 67.3 cm³/mol. The van der Waals surface area contributed by atoms with Crippen molar-refractivity contribution in [3.63, 3.8) is 0 Å². The molecule has 4 nitrogen and oxygen atoms in total. The molecule has 1 atom stereocenters. The third kappa shape index (κ3) is 2.94. The minimum atomic E-state index is -4.53. The summed E-state index contributed by atoms with van der Waals surface area (Å²) >= 11 is 0. The van der Waals surface area contributed by atoms with Crippen molar-refractivity contribution >= 4 is 5.78 Å². The fraction of sp³-hybridized carbons (Fsp3) is 0.214. The van der Waals surface area contributed by atoms with Gasteiger partial charge in [0.2, 0.25) is 5.78 Å². The summed E-state index contributed by atoms with van der Waals surface area (Å²) in [4.78, 5) is 16.1. The summed E-state index contributed by atoms with van der Waals surface area (Å²) in [5.41, 5.74) is -0.895. The highest BCUT2D eigenvalue weighted by atomic mass is 19.4. The average molecular weight is 293 g/mol. The second-order valence-electron chi connectivity index (χ2n) is 4.41. The first kappa shape index (κ1) is 14.8. The molecule has 1 aromatic heterocycles. The van der Waals surface area contributed by atoms with Crippen LogP contribution in [0.2, 0.25) is 0 Å². The number of alkyl halides is 3. The van der Waals surface area contributed by atoms with E-state index in [0.717, 1.165) is 12.1 Å². The van der Waals surface area contributed by atoms with E-state index < -0.39 is 23.4 Å². The number of hydrogen-bond acceptors (Lipinski definition) is 3. The Bertz CT molecular complexity index is 713. The Morgan fingerprint density at radius 1 is 1.43 bits per heavy atom. The Kier molecular flexibility index (Phi) is 3.80. The maximum absolute atomic E-state index is 12.7. The number of aromatic nitrogens is 2. The molecule has 1 aromatic carbocycles. The van der Waals surface area contributed by atoms with E-state index in [4.69, 9.17) is 5.26 Å². The lowest BCUT2D eigenvalue weighted by Gasteiger charge is -2.12. The fourth-order valence-corrected chi connectivity index (χ4v) is 1.91. The molecule has 1 unspecified atom stereocenters. The fourth-order valence-electron chi connectivity index (χ4n) is 1.91. The van der Waals surface area contributed by atoms with Crippen LogP contribution in [0.4, 0.5) is 13.2 Å². The van der Waals surface area contributed by atoms with Gasteiger partial charge >= 0.3 is 6.18 Å². The van der Waals surface area contributed by atoms with Gasteiger partial charge in [0.05, 0.1) is 11.6 Å². The highest BCUT2D eigenvalue weighted by Gasteiger charge is 2.32. The van der Waals surface area contributed by atoms with Gasteiger partial charge in [0.15, 0.2) is 5.82 Å². The quantitative estimate of drug-likeness (QED) is 0.817. The second kappa shape index (κ2) is 5.40. The predicted octanol–water partition coefficient (Wildman–Crippen LogP) is 2.93. The zero-order valence-electron chi connectivity index (χ0n) is 10.9. The molecule has 0 saturated heterocycles. The summed E-state index contributed by atoms with van der Waals surface area (Å²) in [5, 5.41) is 9.14. The molecule has 21 heavy (non-hydrogen) atoms. The molecule has 7 heteroatoms. The number of carbonyl (C=O) groups is 1. The minimum Gasteiger partial charge on any atom is -0.332 e. The van der Waals surface area contributed by atoms with Crippen molar-refractivity contribution in [3.8, 4) is 6.07 Å². The molecule has 0 spiro atoms. The molecule has 0 amide bonds. The molecule has 0 aliphatic heterocycles. The van der Waals surface area contributed by atoms with E-state index in [0.29, 0.717) is 0 Å². The first-order valence-corrected chi connectivity index (χ1v) is 5.93. The molecule has 0 radical (unpaired) electrons. The van der Waals surface area contributed by atoms with Gasteiger partial charge in [-0.15, -0.1) is 0 Å². The van der Waals surface area contributed by atoms with Crippen molar-refractivity contribution in [1.29, 1.82) is 5.26 Å². The second-order valence-corrected chi connectivity index (χ2v) is 4.41. The Balaban J connectivity index is 2.42. The van der Waals surface area contributed by atoms with Crippen molar-refractivity contribution in [2.24, 2.45) is 7.05 Å². The molecule has 0 aliphatic carbocycles. The Labute approximate surface area is 118 Å². The molecule has 0 N–H and O–H groups in total. The molecule has 0 saturated carbocycles. The molecule has 0 bridgehead atoms. The molecule has 2 aromatic rings. The number of ketones is 1. The molecule has 1 heterocycles. The summed E-state index contributed by atoms with van der Waals surface area (Å²) < 4.78 is 39.5. The van der Waals surface area contributed by atoms with Crippen LogP contribution in [0, 0.1) is 11.3 Å². The van der Waals surface area contributed by atoms with Crippen molar-refractivity contribution in [2.75, 3.05) is 0 Å². The number of Topliss-reactive ketones (excluding diaryl/α,β-unsaturated/α-hetero) is 1. The largest absolute Gasteiger partial charge is 0.416 e. The monoisotopic (exact) mass is 293 g/mol. The van der Waals surface area contributed by atoms with Gasteiger partial charge in [-0.05, 0) is 11.6 Å². The molecular formula is C14H10F3N3O. The number of benzene rings is 1. The topological polar surface area (TPSA) is 58.7 Å². The summed E-state index contributed by atoms with van der Waals surface area (Å²) in [6.45, 7) is 0. The zero-order chi connectivity index (χ0) is 15.6. The number of hydrogen-bond donors (Lipinski definition) is 0. The van der Waals surface area contributed by atoms with E-state index in [1.54, 1.807) is 13.1 Å². The van der Waals surface area contributed by atoms with Crippen LogP contribution in [0.3, 0.4) is 0 Å². The Morgan fingerprint density at radius 3 is 2.67 bits per heavy atom. The van der Waals surface area contributed by atoms with Crippen LogP contribution in [0.15, 0.2) is 36.7 Å². The van der Waals surface area contributed by atoms with Gasteiger partial charge < -0.3 is 4.57 Å². The van der Waals surface area contributed by atoms with Gasteiger partial charge in [-0.1, -0.05) is 18.2 Å². The highest BCUT2D eigenvalue weighted by molar-refractivity contribution is 6.00. The van der Waals surface area contributed by atoms with Gasteiger partial charge in [-0.25, -0.2) is 4.98 Å². The normalized spacial score (nSPS) is 12.7. The first-order valence-electron chi connectivity index (χ1n) is 5.93. The number of nitriles is 1. The van der Waals surface area contributed by atoms with Crippen molar-refractivity contribution in [3.05, 3.63) is 53.6 Å². The van der Waals surface area contributed by atoms with Crippen LogP contribution >= 0.6 is 0 Å². The number of carbonyl (C=O) groups excluding carboxylic acids is 1. The maximum atomic E-state index is 12.7. The molecule has 2 rings (SSSR count). The third-order valence-electron chi connectivity index (χ3n) is 2.98. The lowest BCUT2D eigenvalue weighted by Crippen LogP contribution is -2.16. The molecule has 108 valence electrons. The van der Waals surface area contributed by atoms with E-state index in [1.165, 1.54) is 29.1 Å². The maximum Gasteiger partial charge on any atom is 0.416 e. The van der Waals surface area contributed by atoms with Crippen LogP contribution in [0.25, 0.3) is 0 Å². The number of nitrogens with zero attached hydrogens (tertiary/aromatic N) is 3. The third-order valence-corrected chi connectivity index (χ3v) is 2.98. The van der Waals surface area contributed by atoms with Gasteiger partial charge in [-0.3, -0.25) is 4.79 Å². The Hall–Kier alpha value is -2.62. The van der Waals surface area contributed by atoms with Crippen molar-refractivity contribution < 1.29 is 18.0 Å². The van der Waals surface area contributed by atoms with Gasteiger partial charge in [0.25, 0.3) is 0 Å². The first-order chi connectivity index (χ1) is 9.84. The van der Waals surface area contributed by atoms with Crippen molar-refractivity contribution in [1.82, 2.24) is 9.55 Å². The lowest BCUT2D eigenvalue weighted by atomic mass is 9.94. The van der Waals surface area contributed by atoms with Gasteiger partial charge in [0.1, 0.15) is 5.92 Å². The minimum absolute atomic E-state index is 0.000301. The van der Waals surface area contributed by atoms with E-state index in [9.17, 15) is 18.0 Å². The highest BCUT2D eigenvalue weighted by Crippen LogP contribution is 2.31. The van der Waals surface area contributed by atoms with E-state index in [-0.39, 0.29) is 11.4 Å². The van der Waals surface area contributed by atoms with Crippen LogP contribution in [0.5, 0.6) is 0 Å². The standard InChI is InChI=1S/C14H10F3N3O/c1-20-6-5-19-13(20)12(21)11(8-18)9-3-2-4-10(7-9)14(15,16)17/h2-7,11H,1H3. The lowest BCUT2D eigenvalue weighted by molar-refractivity contribution is -0.137. The van der Waals surface area contributed by atoms with Gasteiger partial charge in [0, 0.05) is 19.4 Å². The SMILES string of the molecule is Cn1ccnc1C(=O)C(C#N)c1cccc(C(F)(F)F)c1. The van der Waals surface area contributed by atoms with Gasteiger partial charge in [-0.2, -0.15) is 18.4 Å². The summed E-state index contributed by atoms with van der Waals surface area (Å²) in [6, 6.07) is 5.95. The average Bonchev–Trinajstić information content (AvgIpc) is 2.85. The molecule has 0 fully saturated rings. The molecule has 0 aliphatic rings. The summed E-state index contributed by atoms with van der Waals surface area (Å²) in [5.74, 6) is -1.93. The van der Waals surface area contributed by atoms with Crippen LogP contribution in [-0.2, 0) is 13.2 Å². The summed E-state index contributed by atoms with van der Waals surface area (Å²) in [7, 11) is 1.57. The number of aryl methyl sites for hydroxylation is 1. The summed E-state index contributed by atoms with van der Waals surface area (Å²) in [6.07, 6.45) is -1.62. The Morgan fingerprint density at radius 2 is 2.14 bits per heavy atom. The van der Waals surface area contributed by atoms with Crippen molar-refractivity contribution in [2.45, 2.75) is 12.1 Å². The van der Waals surface area contributed by atoms with E-state index >= 15 is 0 Å². The number of rotatable bonds is 3. The van der Waals surface area contributed by atoms with E-state index in [1.807, 2.05) is 0 Å². The zero-order valence-corrected chi connectivity index (χ0v) is 10.9. The van der Waals surface area contributed by atoms with Crippen LogP contribution < -0.4 is 0 Å². The van der Waals surface area contributed by atoms with Crippen LogP contribution in [0.1, 0.15) is 27.7 Å². The van der Waals surface area contributed by atoms with Crippen LogP contribution in [-0.4, -0.2) is 15.3 Å². The van der Waals surface area contributed by atoms with E-state index in [2.05, 4.69) is 4.98 Å². The molecular weight excluding hydrogens is 283 g/mol. The number of halogens is 3. The smallest absolute Gasteiger partial charge is 0.332 e.